The minimum Gasteiger partial charge on any atom is -0.368 e. The zero-order valence-corrected chi connectivity index (χ0v) is 14.5. The van der Waals surface area contributed by atoms with Crippen LogP contribution in [0, 0.1) is 5.82 Å². The maximum Gasteiger partial charge on any atom is 0.253 e. The third kappa shape index (κ3) is 4.46. The first kappa shape index (κ1) is 18.1. The molecule has 2 amide bonds. The highest BCUT2D eigenvalue weighted by Crippen LogP contribution is 2.18. The van der Waals surface area contributed by atoms with Crippen molar-refractivity contribution in [3.63, 3.8) is 0 Å². The largest absolute Gasteiger partial charge is 0.368 e. The topological polar surface area (TPSA) is 67.4 Å². The van der Waals surface area contributed by atoms with Crippen LogP contribution in [0.3, 0.4) is 0 Å². The molecule has 1 fully saturated rings. The monoisotopic (exact) mass is 356 g/mol. The Morgan fingerprint density at radius 1 is 1.19 bits per heavy atom. The zero-order chi connectivity index (χ0) is 18.5. The number of halogens is 1. The first-order valence-corrected chi connectivity index (χ1v) is 8.62. The average molecular weight is 356 g/mol. The molecule has 2 N–H and O–H groups in total. The lowest BCUT2D eigenvalue weighted by molar-refractivity contribution is -0.124. The van der Waals surface area contributed by atoms with E-state index < -0.39 is 6.10 Å². The molecule has 0 unspecified atom stereocenters. The Hall–Kier alpha value is -2.73. The van der Waals surface area contributed by atoms with Gasteiger partial charge < -0.3 is 15.4 Å². The molecular weight excluding hydrogens is 335 g/mol. The van der Waals surface area contributed by atoms with Crippen LogP contribution in [-0.4, -0.2) is 24.5 Å². The van der Waals surface area contributed by atoms with E-state index in [-0.39, 0.29) is 23.7 Å². The number of anilines is 1. The summed E-state index contributed by atoms with van der Waals surface area (Å²) in [5.41, 5.74) is 1.64. The van der Waals surface area contributed by atoms with Crippen LogP contribution >= 0.6 is 0 Å². The van der Waals surface area contributed by atoms with Gasteiger partial charge in [-0.25, -0.2) is 4.39 Å². The van der Waals surface area contributed by atoms with Gasteiger partial charge in [0.25, 0.3) is 11.8 Å². The smallest absolute Gasteiger partial charge is 0.253 e. The van der Waals surface area contributed by atoms with Crippen molar-refractivity contribution in [2.75, 3.05) is 11.9 Å². The maximum absolute atomic E-state index is 13.3. The Morgan fingerprint density at radius 2 is 2.00 bits per heavy atom. The molecule has 0 saturated carbocycles. The van der Waals surface area contributed by atoms with Gasteiger partial charge in [0.15, 0.2) is 0 Å². The van der Waals surface area contributed by atoms with Gasteiger partial charge in [-0.15, -0.1) is 0 Å². The fourth-order valence-electron chi connectivity index (χ4n) is 2.88. The molecule has 5 nitrogen and oxygen atoms in total. The molecule has 0 spiro atoms. The predicted molar refractivity (Wildman–Crippen MR) is 96.3 cm³/mol. The summed E-state index contributed by atoms with van der Waals surface area (Å²) < 4.78 is 18.7. The molecule has 1 aliphatic heterocycles. The van der Waals surface area contributed by atoms with E-state index >= 15 is 0 Å². The van der Waals surface area contributed by atoms with Gasteiger partial charge in [-0.2, -0.15) is 0 Å². The van der Waals surface area contributed by atoms with E-state index in [0.29, 0.717) is 29.8 Å². The van der Waals surface area contributed by atoms with E-state index in [2.05, 4.69) is 10.6 Å². The van der Waals surface area contributed by atoms with Crippen molar-refractivity contribution in [2.45, 2.75) is 31.9 Å². The molecule has 2 aromatic rings. The number of carbonyl (C=O) groups is 2. The summed E-state index contributed by atoms with van der Waals surface area (Å²) in [7, 11) is 0. The summed E-state index contributed by atoms with van der Waals surface area (Å²) in [5.74, 6) is -0.842. The van der Waals surface area contributed by atoms with Gasteiger partial charge in [-0.1, -0.05) is 18.2 Å². The van der Waals surface area contributed by atoms with Crippen LogP contribution in [-0.2, 0) is 9.53 Å². The van der Waals surface area contributed by atoms with Gasteiger partial charge in [0, 0.05) is 17.9 Å². The molecule has 1 saturated heterocycles. The molecule has 0 aliphatic carbocycles. The van der Waals surface area contributed by atoms with Gasteiger partial charge in [-0.3, -0.25) is 9.59 Å². The minimum absolute atomic E-state index is 0.201. The van der Waals surface area contributed by atoms with Crippen LogP contribution < -0.4 is 10.6 Å². The van der Waals surface area contributed by atoms with E-state index in [0.717, 1.165) is 6.42 Å². The van der Waals surface area contributed by atoms with Gasteiger partial charge >= 0.3 is 0 Å². The number of carbonyl (C=O) groups excluding carboxylic acids is 2. The number of benzene rings is 2. The Labute approximate surface area is 151 Å². The molecule has 3 rings (SSSR count). The molecule has 1 heterocycles. The van der Waals surface area contributed by atoms with Crippen LogP contribution in [0.15, 0.2) is 48.5 Å². The third-order valence-corrected chi connectivity index (χ3v) is 4.31. The van der Waals surface area contributed by atoms with Crippen LogP contribution in [0.4, 0.5) is 10.1 Å². The third-order valence-electron chi connectivity index (χ3n) is 4.31. The maximum atomic E-state index is 13.3. The van der Waals surface area contributed by atoms with Crippen molar-refractivity contribution in [2.24, 2.45) is 0 Å². The highest BCUT2D eigenvalue weighted by atomic mass is 19.1. The van der Waals surface area contributed by atoms with Crippen molar-refractivity contribution in [1.29, 1.82) is 0 Å². The highest BCUT2D eigenvalue weighted by molar-refractivity contribution is 5.98. The van der Waals surface area contributed by atoms with E-state index in [9.17, 15) is 14.0 Å². The molecule has 2 aromatic carbocycles. The summed E-state index contributed by atoms with van der Waals surface area (Å²) in [5, 5.41) is 5.61. The normalized spacial score (nSPS) is 17.5. The first-order chi connectivity index (χ1) is 12.5. The number of amides is 2. The lowest BCUT2D eigenvalue weighted by Gasteiger charge is -2.15. The molecule has 26 heavy (non-hydrogen) atoms. The molecule has 1 aliphatic rings. The standard InChI is InChI=1S/C20H21FN2O3/c1-13(14-5-2-7-16(21)11-14)22-19(24)15-6-3-8-17(12-15)23-20(25)18-9-4-10-26-18/h2-3,5-8,11-13,18H,4,9-10H2,1H3,(H,22,24)(H,23,25)/t13-,18-/m1/s1. The molecule has 136 valence electrons. The predicted octanol–water partition coefficient (Wildman–Crippen LogP) is 3.43. The molecule has 6 heteroatoms. The van der Waals surface area contributed by atoms with Crippen molar-refractivity contribution >= 4 is 17.5 Å². The van der Waals surface area contributed by atoms with E-state index in [1.165, 1.54) is 12.1 Å². The Bertz CT molecular complexity index is 803. The lowest BCUT2D eigenvalue weighted by atomic mass is 10.1. The van der Waals surface area contributed by atoms with Crippen LogP contribution in [0.25, 0.3) is 0 Å². The van der Waals surface area contributed by atoms with Gasteiger partial charge in [0.1, 0.15) is 11.9 Å². The molecule has 0 bridgehead atoms. The first-order valence-electron chi connectivity index (χ1n) is 8.62. The van der Waals surface area contributed by atoms with E-state index in [1.54, 1.807) is 43.3 Å². The van der Waals surface area contributed by atoms with Crippen molar-refractivity contribution in [3.05, 3.63) is 65.5 Å². The summed E-state index contributed by atoms with van der Waals surface area (Å²) in [6, 6.07) is 12.5. The fourth-order valence-corrected chi connectivity index (χ4v) is 2.88. The lowest BCUT2D eigenvalue weighted by Crippen LogP contribution is -2.28. The number of hydrogen-bond donors (Lipinski definition) is 2. The van der Waals surface area contributed by atoms with Crippen LogP contribution in [0.1, 0.15) is 41.7 Å². The number of rotatable bonds is 5. The second kappa shape index (κ2) is 8.10. The highest BCUT2D eigenvalue weighted by Gasteiger charge is 2.23. The number of hydrogen-bond acceptors (Lipinski definition) is 3. The Morgan fingerprint density at radius 3 is 2.73 bits per heavy atom. The number of nitrogens with one attached hydrogen (secondary N) is 2. The van der Waals surface area contributed by atoms with Crippen molar-refractivity contribution in [3.8, 4) is 0 Å². The average Bonchev–Trinajstić information content (AvgIpc) is 3.16. The van der Waals surface area contributed by atoms with E-state index in [1.807, 2.05) is 0 Å². The van der Waals surface area contributed by atoms with Gasteiger partial charge in [-0.05, 0) is 55.7 Å². The number of ether oxygens (including phenoxy) is 1. The second-order valence-electron chi connectivity index (χ2n) is 6.32. The molecular formula is C20H21FN2O3. The SMILES string of the molecule is C[C@@H](NC(=O)c1cccc(NC(=O)[C@H]2CCCO2)c1)c1cccc(F)c1. The Balaban J connectivity index is 1.65. The molecule has 0 aromatic heterocycles. The minimum atomic E-state index is -0.430. The summed E-state index contributed by atoms with van der Waals surface area (Å²) in [6.07, 6.45) is 1.15. The van der Waals surface area contributed by atoms with Crippen LogP contribution in [0.2, 0.25) is 0 Å². The fraction of sp³-hybridized carbons (Fsp3) is 0.300. The van der Waals surface area contributed by atoms with Gasteiger partial charge in [0.05, 0.1) is 6.04 Å². The molecule has 2 atom stereocenters. The molecule has 0 radical (unpaired) electrons. The Kier molecular flexibility index (Phi) is 5.63. The summed E-state index contributed by atoms with van der Waals surface area (Å²) in [4.78, 5) is 24.6. The van der Waals surface area contributed by atoms with E-state index in [4.69, 9.17) is 4.74 Å². The van der Waals surface area contributed by atoms with Crippen molar-refractivity contribution in [1.82, 2.24) is 5.32 Å². The summed E-state index contributed by atoms with van der Waals surface area (Å²) in [6.45, 7) is 2.38. The van der Waals surface area contributed by atoms with Crippen LogP contribution in [0.5, 0.6) is 0 Å². The quantitative estimate of drug-likeness (QED) is 0.862. The summed E-state index contributed by atoms with van der Waals surface area (Å²) >= 11 is 0. The zero-order valence-electron chi connectivity index (χ0n) is 14.5. The van der Waals surface area contributed by atoms with Gasteiger partial charge in [0.2, 0.25) is 0 Å². The second-order valence-corrected chi connectivity index (χ2v) is 6.32. The van der Waals surface area contributed by atoms with Crippen molar-refractivity contribution < 1.29 is 18.7 Å².